The summed E-state index contributed by atoms with van der Waals surface area (Å²) in [6, 6.07) is 29.4. The molecule has 0 amide bonds. The van der Waals surface area contributed by atoms with E-state index in [1.54, 1.807) is 0 Å². The first-order valence-electron chi connectivity index (χ1n) is 9.08. The number of aliphatic imine (C=N–C) groups is 1. The van der Waals surface area contributed by atoms with E-state index < -0.39 is 5.60 Å². The first-order valence-corrected chi connectivity index (χ1v) is 9.08. The molecule has 130 valence electrons. The zero-order valence-corrected chi connectivity index (χ0v) is 15.2. The normalized spacial score (nSPS) is 22.4. The van der Waals surface area contributed by atoms with Crippen LogP contribution in [0.15, 0.2) is 89.9 Å². The summed E-state index contributed by atoms with van der Waals surface area (Å²) in [5.41, 5.74) is 4.28. The SMILES string of the molecule is Cc1ccc([C@@H]2C[C@@](C)(c3ccccc3)OC(c3ccccc3)=N2)cc1. The van der Waals surface area contributed by atoms with E-state index in [2.05, 4.69) is 74.5 Å². The molecule has 0 unspecified atom stereocenters. The summed E-state index contributed by atoms with van der Waals surface area (Å²) in [5, 5.41) is 0. The first-order chi connectivity index (χ1) is 12.6. The molecule has 4 rings (SSSR count). The number of nitrogens with zero attached hydrogens (tertiary/aromatic N) is 1. The lowest BCUT2D eigenvalue weighted by Crippen LogP contribution is -2.35. The molecular weight excluding hydrogens is 318 g/mol. The second kappa shape index (κ2) is 6.80. The van der Waals surface area contributed by atoms with Gasteiger partial charge in [-0.25, -0.2) is 4.99 Å². The summed E-state index contributed by atoms with van der Waals surface area (Å²) in [7, 11) is 0. The van der Waals surface area contributed by atoms with Crippen molar-refractivity contribution in [2.24, 2.45) is 4.99 Å². The molecule has 0 bridgehead atoms. The van der Waals surface area contributed by atoms with Crippen molar-refractivity contribution in [1.82, 2.24) is 0 Å². The predicted molar refractivity (Wildman–Crippen MR) is 106 cm³/mol. The fraction of sp³-hybridized carbons (Fsp3) is 0.208. The molecular formula is C24H23NO. The van der Waals surface area contributed by atoms with E-state index in [1.807, 2.05) is 24.3 Å². The van der Waals surface area contributed by atoms with Gasteiger partial charge in [0.05, 0.1) is 6.04 Å². The molecule has 1 aliphatic rings. The van der Waals surface area contributed by atoms with E-state index in [4.69, 9.17) is 9.73 Å². The molecule has 3 aromatic carbocycles. The monoisotopic (exact) mass is 341 g/mol. The highest BCUT2D eigenvalue weighted by Gasteiger charge is 2.38. The van der Waals surface area contributed by atoms with Crippen molar-refractivity contribution in [3.8, 4) is 0 Å². The molecule has 0 N–H and O–H groups in total. The molecule has 1 aliphatic heterocycles. The second-order valence-corrected chi connectivity index (χ2v) is 7.13. The largest absolute Gasteiger partial charge is 0.466 e. The minimum absolute atomic E-state index is 0.0739. The Morgan fingerprint density at radius 2 is 1.46 bits per heavy atom. The van der Waals surface area contributed by atoms with Gasteiger partial charge in [-0.15, -0.1) is 0 Å². The third kappa shape index (κ3) is 3.28. The lowest BCUT2D eigenvalue weighted by Gasteiger charge is -2.38. The Morgan fingerprint density at radius 1 is 0.846 bits per heavy atom. The quantitative estimate of drug-likeness (QED) is 0.588. The van der Waals surface area contributed by atoms with E-state index in [9.17, 15) is 0 Å². The van der Waals surface area contributed by atoms with Gasteiger partial charge >= 0.3 is 0 Å². The third-order valence-corrected chi connectivity index (χ3v) is 5.05. The Kier molecular flexibility index (Phi) is 4.34. The molecule has 2 atom stereocenters. The molecule has 0 radical (unpaired) electrons. The van der Waals surface area contributed by atoms with E-state index >= 15 is 0 Å². The molecule has 0 spiro atoms. The van der Waals surface area contributed by atoms with Crippen LogP contribution in [0.1, 0.15) is 41.6 Å². The van der Waals surface area contributed by atoms with Gasteiger partial charge in [-0.1, -0.05) is 78.4 Å². The maximum atomic E-state index is 6.47. The van der Waals surface area contributed by atoms with Crippen molar-refractivity contribution in [1.29, 1.82) is 0 Å². The highest BCUT2D eigenvalue weighted by atomic mass is 16.5. The van der Waals surface area contributed by atoms with Gasteiger partial charge in [0.2, 0.25) is 5.90 Å². The number of hydrogen-bond donors (Lipinski definition) is 0. The molecule has 0 saturated heterocycles. The average Bonchev–Trinajstić information content (AvgIpc) is 2.69. The van der Waals surface area contributed by atoms with Crippen LogP contribution in [-0.4, -0.2) is 5.90 Å². The van der Waals surface area contributed by atoms with Crippen LogP contribution in [0.3, 0.4) is 0 Å². The average molecular weight is 341 g/mol. The van der Waals surface area contributed by atoms with Crippen LogP contribution in [0.25, 0.3) is 0 Å². The van der Waals surface area contributed by atoms with Gasteiger partial charge in [-0.05, 0) is 37.1 Å². The van der Waals surface area contributed by atoms with Crippen LogP contribution in [-0.2, 0) is 10.3 Å². The Bertz CT molecular complexity index is 900. The molecule has 26 heavy (non-hydrogen) atoms. The lowest BCUT2D eigenvalue weighted by molar-refractivity contribution is 0.0411. The summed E-state index contributed by atoms with van der Waals surface area (Å²) in [4.78, 5) is 4.97. The molecule has 2 nitrogen and oxygen atoms in total. The Morgan fingerprint density at radius 3 is 2.12 bits per heavy atom. The first kappa shape index (κ1) is 16.6. The van der Waals surface area contributed by atoms with Crippen LogP contribution in [0.4, 0.5) is 0 Å². The second-order valence-electron chi connectivity index (χ2n) is 7.13. The molecule has 2 heteroatoms. The minimum Gasteiger partial charge on any atom is -0.466 e. The molecule has 0 fully saturated rings. The number of ether oxygens (including phenoxy) is 1. The highest BCUT2D eigenvalue weighted by Crippen LogP contribution is 2.41. The molecule has 0 saturated carbocycles. The highest BCUT2D eigenvalue weighted by molar-refractivity contribution is 5.95. The number of benzene rings is 3. The summed E-state index contributed by atoms with van der Waals surface area (Å²) >= 11 is 0. The van der Waals surface area contributed by atoms with Crippen LogP contribution in [0.2, 0.25) is 0 Å². The van der Waals surface area contributed by atoms with Crippen molar-refractivity contribution in [2.75, 3.05) is 0 Å². The van der Waals surface area contributed by atoms with Crippen LogP contribution < -0.4 is 0 Å². The maximum Gasteiger partial charge on any atom is 0.217 e. The summed E-state index contributed by atoms with van der Waals surface area (Å²) < 4.78 is 6.47. The number of rotatable bonds is 3. The van der Waals surface area contributed by atoms with Gasteiger partial charge in [-0.2, -0.15) is 0 Å². The lowest BCUT2D eigenvalue weighted by atomic mass is 9.85. The molecule has 3 aromatic rings. The van der Waals surface area contributed by atoms with E-state index in [0.29, 0.717) is 5.90 Å². The van der Waals surface area contributed by atoms with Crippen molar-refractivity contribution in [3.63, 3.8) is 0 Å². The van der Waals surface area contributed by atoms with Crippen molar-refractivity contribution in [3.05, 3.63) is 107 Å². The van der Waals surface area contributed by atoms with Gasteiger partial charge in [-0.3, -0.25) is 0 Å². The summed E-state index contributed by atoms with van der Waals surface area (Å²) in [5.74, 6) is 0.716. The fourth-order valence-electron chi connectivity index (χ4n) is 3.50. The third-order valence-electron chi connectivity index (χ3n) is 5.05. The van der Waals surface area contributed by atoms with Gasteiger partial charge in [0.15, 0.2) is 0 Å². The maximum absolute atomic E-state index is 6.47. The molecule has 0 aliphatic carbocycles. The molecule has 1 heterocycles. The summed E-state index contributed by atoms with van der Waals surface area (Å²) in [6.07, 6.45) is 0.816. The smallest absolute Gasteiger partial charge is 0.217 e. The van der Waals surface area contributed by atoms with Crippen LogP contribution in [0, 0.1) is 6.92 Å². The Labute approximate surface area is 155 Å². The van der Waals surface area contributed by atoms with E-state index in [-0.39, 0.29) is 6.04 Å². The van der Waals surface area contributed by atoms with Crippen molar-refractivity contribution >= 4 is 5.90 Å². The van der Waals surface area contributed by atoms with Crippen molar-refractivity contribution < 1.29 is 4.74 Å². The van der Waals surface area contributed by atoms with E-state index in [1.165, 1.54) is 16.7 Å². The van der Waals surface area contributed by atoms with Gasteiger partial charge in [0.25, 0.3) is 0 Å². The topological polar surface area (TPSA) is 21.6 Å². The van der Waals surface area contributed by atoms with Crippen LogP contribution in [0.5, 0.6) is 0 Å². The summed E-state index contributed by atoms with van der Waals surface area (Å²) in [6.45, 7) is 4.28. The van der Waals surface area contributed by atoms with Crippen LogP contribution >= 0.6 is 0 Å². The predicted octanol–water partition coefficient (Wildman–Crippen LogP) is 5.82. The fourth-order valence-corrected chi connectivity index (χ4v) is 3.50. The zero-order chi connectivity index (χ0) is 18.0. The Balaban J connectivity index is 1.78. The minimum atomic E-state index is -0.413. The van der Waals surface area contributed by atoms with Gasteiger partial charge in [0.1, 0.15) is 5.60 Å². The number of hydrogen-bond acceptors (Lipinski definition) is 2. The zero-order valence-electron chi connectivity index (χ0n) is 15.2. The Hall–Kier alpha value is -2.87. The van der Waals surface area contributed by atoms with E-state index in [0.717, 1.165) is 12.0 Å². The van der Waals surface area contributed by atoms with Gasteiger partial charge in [0, 0.05) is 12.0 Å². The number of aryl methyl sites for hydroxylation is 1. The van der Waals surface area contributed by atoms with Gasteiger partial charge < -0.3 is 4.74 Å². The van der Waals surface area contributed by atoms with Crippen molar-refractivity contribution in [2.45, 2.75) is 31.9 Å². The standard InChI is InChI=1S/C24H23NO/c1-18-13-15-19(16-14-18)22-17-24(2,21-11-7-4-8-12-21)26-23(25-22)20-9-5-3-6-10-20/h3-16,22H,17H2,1-2H3/t22-,24-/m0/s1. The molecule has 0 aromatic heterocycles.